The molecule has 5 rings (SSSR count). The van der Waals surface area contributed by atoms with Gasteiger partial charge in [0.05, 0.1) is 18.1 Å². The average Bonchev–Trinajstić information content (AvgIpc) is 3.17. The zero-order chi connectivity index (χ0) is 16.1. The largest absolute Gasteiger partial charge is 0.390 e. The molecule has 7 atom stereocenters. The second-order valence-corrected chi connectivity index (χ2v) is 8.66. The first-order chi connectivity index (χ1) is 11.0. The van der Waals surface area contributed by atoms with Gasteiger partial charge in [0.1, 0.15) is 0 Å². The van der Waals surface area contributed by atoms with E-state index in [1.54, 1.807) is 0 Å². The van der Waals surface area contributed by atoms with Gasteiger partial charge in [0, 0.05) is 22.0 Å². The highest BCUT2D eigenvalue weighted by molar-refractivity contribution is 9.10. The number of halogens is 1. The Bertz CT molecular complexity index is 690. The fourth-order valence-corrected chi connectivity index (χ4v) is 6.17. The minimum Gasteiger partial charge on any atom is -0.390 e. The van der Waals surface area contributed by atoms with E-state index < -0.39 is 11.8 Å². The fraction of sp³-hybridized carbons (Fsp3) is 0.611. The summed E-state index contributed by atoms with van der Waals surface area (Å²) in [6.07, 6.45) is 0.364. The molecule has 4 nitrogen and oxygen atoms in total. The molecule has 2 saturated carbocycles. The van der Waals surface area contributed by atoms with Crippen LogP contribution >= 0.6 is 15.9 Å². The number of fused-ring (bicyclic) bond motifs is 2. The Balaban J connectivity index is 1.69. The van der Waals surface area contributed by atoms with Gasteiger partial charge in [0.25, 0.3) is 0 Å². The number of carbonyl (C=O) groups is 1. The smallest absolute Gasteiger partial charge is 0.233 e. The van der Waals surface area contributed by atoms with Crippen molar-refractivity contribution in [3.8, 4) is 0 Å². The summed E-state index contributed by atoms with van der Waals surface area (Å²) in [6.45, 7) is 4.26. The molecule has 0 aromatic heterocycles. The molecule has 2 bridgehead atoms. The van der Waals surface area contributed by atoms with Gasteiger partial charge in [-0.2, -0.15) is 0 Å². The van der Waals surface area contributed by atoms with E-state index in [1.807, 2.05) is 29.2 Å². The molecule has 0 unspecified atom stereocenters. The molecular weight excluding hydrogens is 358 g/mol. The van der Waals surface area contributed by atoms with Gasteiger partial charge in [-0.1, -0.05) is 29.8 Å². The highest BCUT2D eigenvalue weighted by atomic mass is 79.9. The van der Waals surface area contributed by atoms with Gasteiger partial charge in [0.15, 0.2) is 5.72 Å². The molecule has 122 valence electrons. The van der Waals surface area contributed by atoms with E-state index in [4.69, 9.17) is 4.74 Å². The maximum Gasteiger partial charge on any atom is 0.233 e. The highest BCUT2D eigenvalue weighted by Gasteiger charge is 2.79. The molecule has 2 aliphatic carbocycles. The molecule has 4 fully saturated rings. The van der Waals surface area contributed by atoms with Crippen LogP contribution in [0, 0.1) is 29.6 Å². The average molecular weight is 378 g/mol. The third-order valence-electron chi connectivity index (χ3n) is 6.62. The van der Waals surface area contributed by atoms with Crippen molar-refractivity contribution >= 4 is 27.5 Å². The Hall–Kier alpha value is -0.910. The number of aliphatic hydroxyl groups is 1. The normalized spacial score (nSPS) is 46.5. The van der Waals surface area contributed by atoms with Crippen LogP contribution in [0.15, 0.2) is 28.7 Å². The standard InChI is InChI=1S/C18H20BrNO3/c1-8(2)18-14-12-7-11(15(21)16(12)23-18)13(14)17(22)20(18)10-5-3-9(19)4-6-10/h3-6,8,11-16,21H,7H2,1-2H3/t11-,12-,13-,14-,15+,16-,18-/m0/s1. The molecule has 1 aromatic carbocycles. The van der Waals surface area contributed by atoms with Crippen molar-refractivity contribution in [3.63, 3.8) is 0 Å². The van der Waals surface area contributed by atoms with Gasteiger partial charge in [-0.25, -0.2) is 0 Å². The van der Waals surface area contributed by atoms with Crippen LogP contribution in [0.5, 0.6) is 0 Å². The molecule has 5 heteroatoms. The van der Waals surface area contributed by atoms with E-state index in [2.05, 4.69) is 29.8 Å². The van der Waals surface area contributed by atoms with Crippen LogP contribution in [0.4, 0.5) is 5.69 Å². The van der Waals surface area contributed by atoms with Crippen molar-refractivity contribution in [2.45, 2.75) is 38.2 Å². The van der Waals surface area contributed by atoms with E-state index in [1.165, 1.54) is 0 Å². The predicted molar refractivity (Wildman–Crippen MR) is 88.7 cm³/mol. The Morgan fingerprint density at radius 2 is 2.00 bits per heavy atom. The van der Waals surface area contributed by atoms with Gasteiger partial charge in [-0.3, -0.25) is 9.69 Å². The number of ether oxygens (including phenoxy) is 1. The first-order valence-corrected chi connectivity index (χ1v) is 9.21. The second kappa shape index (κ2) is 4.38. The highest BCUT2D eigenvalue weighted by Crippen LogP contribution is 2.69. The number of nitrogens with zero attached hydrogens (tertiary/aromatic N) is 1. The van der Waals surface area contributed by atoms with Crippen LogP contribution < -0.4 is 4.90 Å². The second-order valence-electron chi connectivity index (χ2n) is 7.74. The van der Waals surface area contributed by atoms with Gasteiger partial charge in [-0.15, -0.1) is 0 Å². The summed E-state index contributed by atoms with van der Waals surface area (Å²) >= 11 is 3.46. The first-order valence-electron chi connectivity index (χ1n) is 8.42. The van der Waals surface area contributed by atoms with Crippen molar-refractivity contribution in [2.24, 2.45) is 29.6 Å². The van der Waals surface area contributed by atoms with Gasteiger partial charge in [-0.05, 0) is 42.5 Å². The minimum absolute atomic E-state index is 0.0728. The van der Waals surface area contributed by atoms with E-state index in [-0.39, 0.29) is 35.7 Å². The molecule has 23 heavy (non-hydrogen) atoms. The zero-order valence-electron chi connectivity index (χ0n) is 13.1. The third-order valence-corrected chi connectivity index (χ3v) is 7.15. The summed E-state index contributed by atoms with van der Waals surface area (Å²) < 4.78 is 7.50. The Labute approximate surface area is 143 Å². The Morgan fingerprint density at radius 1 is 1.30 bits per heavy atom. The lowest BCUT2D eigenvalue weighted by Gasteiger charge is -2.42. The summed E-state index contributed by atoms with van der Waals surface area (Å²) in [6, 6.07) is 7.89. The van der Waals surface area contributed by atoms with Crippen molar-refractivity contribution in [1.29, 1.82) is 0 Å². The molecular formula is C18H20BrNO3. The number of benzene rings is 1. The monoisotopic (exact) mass is 377 g/mol. The Kier molecular flexibility index (Phi) is 2.75. The van der Waals surface area contributed by atoms with Crippen molar-refractivity contribution in [2.75, 3.05) is 4.90 Å². The van der Waals surface area contributed by atoms with Crippen LogP contribution in [0.3, 0.4) is 0 Å². The van der Waals surface area contributed by atoms with Crippen molar-refractivity contribution in [3.05, 3.63) is 28.7 Å². The third kappa shape index (κ3) is 1.48. The maximum atomic E-state index is 13.3. The number of rotatable bonds is 2. The van der Waals surface area contributed by atoms with Gasteiger partial charge in [0.2, 0.25) is 5.91 Å². The molecule has 2 heterocycles. The summed E-state index contributed by atoms with van der Waals surface area (Å²) in [5, 5.41) is 10.5. The number of hydrogen-bond donors (Lipinski definition) is 1. The predicted octanol–water partition coefficient (Wildman–Crippen LogP) is 2.79. The molecule has 4 aliphatic rings. The molecule has 0 radical (unpaired) electrons. The SMILES string of the molecule is CC(C)[C@]12O[C@@H]3[C@H](O)[C@H]4C[C@H]3[C@H]1[C@H]4C(=O)N2c1ccc(Br)cc1. The van der Waals surface area contributed by atoms with Crippen LogP contribution in [0.2, 0.25) is 0 Å². The van der Waals surface area contributed by atoms with E-state index in [9.17, 15) is 9.90 Å². The zero-order valence-corrected chi connectivity index (χ0v) is 14.7. The van der Waals surface area contributed by atoms with E-state index in [0.717, 1.165) is 16.6 Å². The van der Waals surface area contributed by atoms with Gasteiger partial charge >= 0.3 is 0 Å². The summed E-state index contributed by atoms with van der Waals surface area (Å²) in [5.74, 6) is 0.851. The van der Waals surface area contributed by atoms with Crippen LogP contribution in [0.1, 0.15) is 20.3 Å². The van der Waals surface area contributed by atoms with Crippen LogP contribution in [-0.4, -0.2) is 28.9 Å². The van der Waals surface area contributed by atoms with Gasteiger partial charge < -0.3 is 9.84 Å². The molecule has 1 aromatic rings. The lowest BCUT2D eigenvalue weighted by Crippen LogP contribution is -2.54. The first kappa shape index (κ1) is 14.4. The number of aliphatic hydroxyl groups excluding tert-OH is 1. The van der Waals surface area contributed by atoms with Crippen molar-refractivity contribution in [1.82, 2.24) is 0 Å². The quantitative estimate of drug-likeness (QED) is 0.861. The summed E-state index contributed by atoms with van der Waals surface area (Å²) in [4.78, 5) is 15.2. The molecule has 2 saturated heterocycles. The number of carbonyl (C=O) groups excluding carboxylic acids is 1. The molecule has 1 N–H and O–H groups in total. The van der Waals surface area contributed by atoms with E-state index in [0.29, 0.717) is 5.92 Å². The summed E-state index contributed by atoms with van der Waals surface area (Å²) in [5.41, 5.74) is 0.299. The van der Waals surface area contributed by atoms with Crippen molar-refractivity contribution < 1.29 is 14.6 Å². The Morgan fingerprint density at radius 3 is 2.65 bits per heavy atom. The lowest BCUT2D eigenvalue weighted by molar-refractivity contribution is -0.136. The molecule has 1 amide bonds. The fourth-order valence-electron chi connectivity index (χ4n) is 5.90. The number of anilines is 1. The maximum absolute atomic E-state index is 13.3. The minimum atomic E-state index is -0.600. The lowest BCUT2D eigenvalue weighted by atomic mass is 9.74. The van der Waals surface area contributed by atoms with Crippen LogP contribution in [0.25, 0.3) is 0 Å². The number of hydrogen-bond acceptors (Lipinski definition) is 3. The molecule has 0 spiro atoms. The summed E-state index contributed by atoms with van der Waals surface area (Å²) in [7, 11) is 0. The topological polar surface area (TPSA) is 49.8 Å². The van der Waals surface area contributed by atoms with Crippen LogP contribution in [-0.2, 0) is 9.53 Å². The van der Waals surface area contributed by atoms with E-state index >= 15 is 0 Å². The number of amides is 1. The molecule has 2 aliphatic heterocycles.